The van der Waals surface area contributed by atoms with Crippen molar-refractivity contribution in [3.8, 4) is 0 Å². The highest BCUT2D eigenvalue weighted by molar-refractivity contribution is 9.10. The van der Waals surface area contributed by atoms with Crippen LogP contribution in [0.5, 0.6) is 0 Å². The SMILES string of the molecule is CCCNCc1ccc(Br)cc1N1CCC2CCCCC21. The van der Waals surface area contributed by atoms with Gasteiger partial charge in [-0.1, -0.05) is 41.8 Å². The lowest BCUT2D eigenvalue weighted by Gasteiger charge is -2.34. The number of rotatable bonds is 5. The number of halogens is 1. The molecule has 1 saturated carbocycles. The van der Waals surface area contributed by atoms with Crippen molar-refractivity contribution in [1.29, 1.82) is 0 Å². The molecule has 3 heteroatoms. The Morgan fingerprint density at radius 2 is 2.10 bits per heavy atom. The van der Waals surface area contributed by atoms with E-state index in [9.17, 15) is 0 Å². The van der Waals surface area contributed by atoms with Gasteiger partial charge in [-0.3, -0.25) is 0 Å². The van der Waals surface area contributed by atoms with Gasteiger partial charge in [-0.2, -0.15) is 0 Å². The second-order valence-electron chi connectivity index (χ2n) is 6.54. The van der Waals surface area contributed by atoms with Gasteiger partial charge >= 0.3 is 0 Å². The highest BCUT2D eigenvalue weighted by atomic mass is 79.9. The van der Waals surface area contributed by atoms with Crippen molar-refractivity contribution in [3.63, 3.8) is 0 Å². The maximum absolute atomic E-state index is 3.67. The Kier molecular flexibility index (Phi) is 5.23. The molecule has 0 radical (unpaired) electrons. The van der Waals surface area contributed by atoms with Gasteiger partial charge in [-0.05, 0) is 55.8 Å². The number of nitrogens with zero attached hydrogens (tertiary/aromatic N) is 1. The molecule has 1 aromatic carbocycles. The fourth-order valence-corrected chi connectivity index (χ4v) is 4.41. The van der Waals surface area contributed by atoms with Crippen molar-refractivity contribution in [2.75, 3.05) is 18.0 Å². The lowest BCUT2D eigenvalue weighted by molar-refractivity contribution is 0.342. The molecule has 3 rings (SSSR count). The van der Waals surface area contributed by atoms with E-state index in [1.807, 2.05) is 0 Å². The smallest absolute Gasteiger partial charge is 0.0425 e. The summed E-state index contributed by atoms with van der Waals surface area (Å²) in [6.45, 7) is 5.56. The highest BCUT2D eigenvalue weighted by Crippen LogP contribution is 2.40. The molecule has 116 valence electrons. The van der Waals surface area contributed by atoms with Crippen LogP contribution in [0.15, 0.2) is 22.7 Å². The zero-order chi connectivity index (χ0) is 14.7. The van der Waals surface area contributed by atoms with Gasteiger partial charge in [-0.25, -0.2) is 0 Å². The summed E-state index contributed by atoms with van der Waals surface area (Å²) in [5.74, 6) is 0.939. The molecule has 1 aromatic rings. The van der Waals surface area contributed by atoms with Crippen LogP contribution >= 0.6 is 15.9 Å². The molecule has 2 fully saturated rings. The number of fused-ring (bicyclic) bond motifs is 1. The van der Waals surface area contributed by atoms with E-state index in [4.69, 9.17) is 0 Å². The van der Waals surface area contributed by atoms with Crippen LogP contribution < -0.4 is 10.2 Å². The van der Waals surface area contributed by atoms with Crippen LogP contribution in [-0.4, -0.2) is 19.1 Å². The van der Waals surface area contributed by atoms with E-state index >= 15 is 0 Å². The molecule has 2 aliphatic rings. The van der Waals surface area contributed by atoms with Crippen LogP contribution in [0.1, 0.15) is 51.0 Å². The Hall–Kier alpha value is -0.540. The van der Waals surface area contributed by atoms with Crippen LogP contribution in [0.4, 0.5) is 5.69 Å². The molecule has 0 bridgehead atoms. The van der Waals surface area contributed by atoms with Crippen molar-refractivity contribution in [2.24, 2.45) is 5.92 Å². The molecule has 2 nitrogen and oxygen atoms in total. The van der Waals surface area contributed by atoms with Gasteiger partial charge in [0.05, 0.1) is 0 Å². The topological polar surface area (TPSA) is 15.3 Å². The molecule has 1 heterocycles. The van der Waals surface area contributed by atoms with Crippen LogP contribution in [0.3, 0.4) is 0 Å². The van der Waals surface area contributed by atoms with Crippen molar-refractivity contribution in [1.82, 2.24) is 5.32 Å². The third-order valence-electron chi connectivity index (χ3n) is 5.11. The van der Waals surface area contributed by atoms with Crippen LogP contribution in [0.25, 0.3) is 0 Å². The lowest BCUT2D eigenvalue weighted by Crippen LogP contribution is -2.35. The fourth-order valence-electron chi connectivity index (χ4n) is 4.06. The van der Waals surface area contributed by atoms with E-state index in [1.165, 1.54) is 60.8 Å². The Bertz CT molecular complexity index is 474. The van der Waals surface area contributed by atoms with Gasteiger partial charge < -0.3 is 10.2 Å². The van der Waals surface area contributed by atoms with E-state index < -0.39 is 0 Å². The third-order valence-corrected chi connectivity index (χ3v) is 5.60. The predicted octanol–water partition coefficient (Wildman–Crippen LogP) is 4.72. The molecule has 0 amide bonds. The Morgan fingerprint density at radius 3 is 2.95 bits per heavy atom. The van der Waals surface area contributed by atoms with Crippen molar-refractivity contribution in [2.45, 2.75) is 58.0 Å². The van der Waals surface area contributed by atoms with E-state index in [1.54, 1.807) is 0 Å². The minimum absolute atomic E-state index is 0.790. The van der Waals surface area contributed by atoms with Crippen molar-refractivity contribution >= 4 is 21.6 Å². The largest absolute Gasteiger partial charge is 0.368 e. The summed E-state index contributed by atoms with van der Waals surface area (Å²) in [4.78, 5) is 2.71. The Balaban J connectivity index is 1.81. The number of hydrogen-bond donors (Lipinski definition) is 1. The number of nitrogens with one attached hydrogen (secondary N) is 1. The van der Waals surface area contributed by atoms with E-state index in [-0.39, 0.29) is 0 Å². The zero-order valence-electron chi connectivity index (χ0n) is 13.1. The van der Waals surface area contributed by atoms with Crippen LogP contribution in [0.2, 0.25) is 0 Å². The van der Waals surface area contributed by atoms with E-state index in [0.717, 1.165) is 25.0 Å². The first-order valence-electron chi connectivity index (χ1n) is 8.55. The third kappa shape index (κ3) is 3.45. The molecular weight excluding hydrogens is 324 g/mol. The summed E-state index contributed by atoms with van der Waals surface area (Å²) < 4.78 is 1.20. The molecule has 0 spiro atoms. The fraction of sp³-hybridized carbons (Fsp3) is 0.667. The van der Waals surface area contributed by atoms with Crippen molar-refractivity contribution in [3.05, 3.63) is 28.2 Å². The maximum atomic E-state index is 3.67. The zero-order valence-corrected chi connectivity index (χ0v) is 14.7. The second-order valence-corrected chi connectivity index (χ2v) is 7.46. The van der Waals surface area contributed by atoms with Crippen molar-refractivity contribution < 1.29 is 0 Å². The summed E-state index contributed by atoms with van der Waals surface area (Å²) in [5, 5.41) is 3.56. The molecule has 1 aliphatic carbocycles. The minimum atomic E-state index is 0.790. The molecule has 1 saturated heterocycles. The van der Waals surface area contributed by atoms with Crippen LogP contribution in [0, 0.1) is 5.92 Å². The van der Waals surface area contributed by atoms with Gasteiger partial charge in [0.15, 0.2) is 0 Å². The predicted molar refractivity (Wildman–Crippen MR) is 93.8 cm³/mol. The Labute approximate surface area is 137 Å². The lowest BCUT2D eigenvalue weighted by atomic mass is 9.85. The van der Waals surface area contributed by atoms with E-state index in [0.29, 0.717) is 0 Å². The molecular formula is C18H27BrN2. The highest BCUT2D eigenvalue weighted by Gasteiger charge is 2.36. The molecule has 1 N–H and O–H groups in total. The summed E-state index contributed by atoms with van der Waals surface area (Å²) in [7, 11) is 0. The first kappa shape index (κ1) is 15.4. The number of benzene rings is 1. The molecule has 0 aromatic heterocycles. The van der Waals surface area contributed by atoms with Gasteiger partial charge in [0, 0.05) is 29.3 Å². The average Bonchev–Trinajstić information content (AvgIpc) is 2.93. The molecule has 2 unspecified atom stereocenters. The number of hydrogen-bond acceptors (Lipinski definition) is 2. The minimum Gasteiger partial charge on any atom is -0.368 e. The standard InChI is InChI=1S/C18H27BrN2/c1-2-10-20-13-15-7-8-16(19)12-18(15)21-11-9-14-5-3-4-6-17(14)21/h7-8,12,14,17,20H,2-6,9-11,13H2,1H3. The monoisotopic (exact) mass is 350 g/mol. The van der Waals surface area contributed by atoms with Gasteiger partial charge in [-0.15, -0.1) is 0 Å². The molecule has 1 aliphatic heterocycles. The van der Waals surface area contributed by atoms with Gasteiger partial charge in [0.1, 0.15) is 0 Å². The molecule has 21 heavy (non-hydrogen) atoms. The summed E-state index contributed by atoms with van der Waals surface area (Å²) in [5.41, 5.74) is 2.92. The van der Waals surface area contributed by atoms with Gasteiger partial charge in [0.25, 0.3) is 0 Å². The quantitative estimate of drug-likeness (QED) is 0.773. The molecule has 2 atom stereocenters. The summed E-state index contributed by atoms with van der Waals surface area (Å²) in [6.07, 6.45) is 8.27. The normalized spacial score (nSPS) is 25.1. The summed E-state index contributed by atoms with van der Waals surface area (Å²) in [6, 6.07) is 7.59. The first-order valence-corrected chi connectivity index (χ1v) is 9.34. The average molecular weight is 351 g/mol. The summed E-state index contributed by atoms with van der Waals surface area (Å²) >= 11 is 3.67. The van der Waals surface area contributed by atoms with Crippen LogP contribution in [-0.2, 0) is 6.54 Å². The number of anilines is 1. The second kappa shape index (κ2) is 7.15. The first-order chi connectivity index (χ1) is 10.3. The Morgan fingerprint density at radius 1 is 1.24 bits per heavy atom. The van der Waals surface area contributed by atoms with Gasteiger partial charge in [0.2, 0.25) is 0 Å². The maximum Gasteiger partial charge on any atom is 0.0425 e. The van der Waals surface area contributed by atoms with E-state index in [2.05, 4.69) is 51.3 Å².